The van der Waals surface area contributed by atoms with Crippen LogP contribution >= 0.6 is 11.6 Å². The minimum absolute atomic E-state index is 0.0133. The second-order valence-electron chi connectivity index (χ2n) is 4.25. The van der Waals surface area contributed by atoms with Gasteiger partial charge in [0.1, 0.15) is 5.52 Å². The smallest absolute Gasteiger partial charge is 0.258 e. The molecule has 0 fully saturated rings. The van der Waals surface area contributed by atoms with Crippen LogP contribution in [0.4, 0.5) is 5.69 Å². The number of benzene rings is 1. The average molecular weight is 315 g/mol. The number of rotatable bonds is 4. The lowest BCUT2D eigenvalue weighted by Gasteiger charge is -2.12. The number of nitrogens with zero attached hydrogens (tertiary/aromatic N) is 2. The maximum absolute atomic E-state index is 12.4. The van der Waals surface area contributed by atoms with Crippen LogP contribution in [0.15, 0.2) is 35.4 Å². The predicted octanol–water partition coefficient (Wildman–Crippen LogP) is 2.54. The van der Waals surface area contributed by atoms with Crippen LogP contribution in [0.1, 0.15) is 6.92 Å². The van der Waals surface area contributed by atoms with E-state index in [1.807, 2.05) is 0 Å². The Morgan fingerprint density at radius 3 is 2.70 bits per heavy atom. The molecule has 0 saturated carbocycles. The van der Waals surface area contributed by atoms with Gasteiger partial charge in [-0.25, -0.2) is 13.4 Å². The number of non-ortho nitro benzene ring substituents is 1. The molecule has 1 aromatic carbocycles. The van der Waals surface area contributed by atoms with E-state index in [1.54, 1.807) is 0 Å². The second kappa shape index (κ2) is 5.34. The molecule has 0 amide bonds. The number of pyridine rings is 1. The third-order valence-corrected chi connectivity index (χ3v) is 5.80. The Morgan fingerprint density at radius 2 is 2.10 bits per heavy atom. The van der Waals surface area contributed by atoms with E-state index in [2.05, 4.69) is 4.98 Å². The van der Waals surface area contributed by atoms with Crippen LogP contribution in [0.25, 0.3) is 10.9 Å². The van der Waals surface area contributed by atoms with Crippen molar-refractivity contribution in [2.75, 3.05) is 5.88 Å². The molecule has 0 radical (unpaired) electrons. The maximum atomic E-state index is 12.4. The molecule has 6 nitrogen and oxygen atoms in total. The Bertz CT molecular complexity index is 776. The molecule has 20 heavy (non-hydrogen) atoms. The molecule has 8 heteroatoms. The van der Waals surface area contributed by atoms with E-state index in [-0.39, 0.29) is 27.4 Å². The van der Waals surface area contributed by atoms with Crippen LogP contribution in [0.5, 0.6) is 0 Å². The Morgan fingerprint density at radius 1 is 1.40 bits per heavy atom. The first-order chi connectivity index (χ1) is 9.39. The summed E-state index contributed by atoms with van der Waals surface area (Å²) in [5.41, 5.74) is -0.168. The number of nitro benzene ring substituents is 1. The zero-order valence-electron chi connectivity index (χ0n) is 10.5. The topological polar surface area (TPSA) is 90.2 Å². The number of aromatic nitrogens is 1. The van der Waals surface area contributed by atoms with Crippen molar-refractivity contribution >= 4 is 38.0 Å². The summed E-state index contributed by atoms with van der Waals surface area (Å²) < 4.78 is 24.8. The molecule has 0 aliphatic heterocycles. The average Bonchev–Trinajstić information content (AvgIpc) is 2.44. The van der Waals surface area contributed by atoms with Gasteiger partial charge >= 0.3 is 0 Å². The normalized spacial score (nSPS) is 13.3. The molecule has 1 heterocycles. The Kier molecular flexibility index (Phi) is 3.92. The van der Waals surface area contributed by atoms with Gasteiger partial charge in [0, 0.05) is 23.5 Å². The highest BCUT2D eigenvalue weighted by Gasteiger charge is 2.27. The van der Waals surface area contributed by atoms with Crippen molar-refractivity contribution < 1.29 is 13.3 Å². The number of hydrogen-bond acceptors (Lipinski definition) is 5. The third-order valence-electron chi connectivity index (χ3n) is 2.96. The summed E-state index contributed by atoms with van der Waals surface area (Å²) in [5.74, 6) is -0.0545. The number of nitro groups is 1. The van der Waals surface area contributed by atoms with E-state index in [0.717, 1.165) is 6.07 Å². The highest BCUT2D eigenvalue weighted by Crippen LogP contribution is 2.31. The second-order valence-corrected chi connectivity index (χ2v) is 6.89. The van der Waals surface area contributed by atoms with E-state index >= 15 is 0 Å². The molecular weight excluding hydrogens is 304 g/mol. The quantitative estimate of drug-likeness (QED) is 0.491. The van der Waals surface area contributed by atoms with Crippen LogP contribution in [-0.4, -0.2) is 29.5 Å². The van der Waals surface area contributed by atoms with Crippen molar-refractivity contribution in [1.29, 1.82) is 0 Å². The van der Waals surface area contributed by atoms with Crippen LogP contribution < -0.4 is 0 Å². The lowest BCUT2D eigenvalue weighted by molar-refractivity contribution is -0.383. The minimum Gasteiger partial charge on any atom is -0.258 e. The SMILES string of the molecule is CC(CCl)S(=O)(=O)c1ccc([N+](=O)[O-])c2ncccc12. The van der Waals surface area contributed by atoms with Crippen molar-refractivity contribution in [2.45, 2.75) is 17.1 Å². The van der Waals surface area contributed by atoms with Crippen molar-refractivity contribution in [3.05, 3.63) is 40.6 Å². The molecule has 106 valence electrons. The van der Waals surface area contributed by atoms with Crippen molar-refractivity contribution in [1.82, 2.24) is 4.98 Å². The molecule has 2 rings (SSSR count). The van der Waals surface area contributed by atoms with E-state index < -0.39 is 20.0 Å². The van der Waals surface area contributed by atoms with Gasteiger partial charge in [0.25, 0.3) is 5.69 Å². The zero-order chi connectivity index (χ0) is 14.9. The van der Waals surface area contributed by atoms with Crippen LogP contribution in [0.3, 0.4) is 0 Å². The fraction of sp³-hybridized carbons (Fsp3) is 0.250. The molecule has 0 aliphatic rings. The van der Waals surface area contributed by atoms with Crippen LogP contribution in [-0.2, 0) is 9.84 Å². The first-order valence-electron chi connectivity index (χ1n) is 5.71. The van der Waals surface area contributed by atoms with Gasteiger partial charge in [-0.1, -0.05) is 0 Å². The molecule has 0 spiro atoms. The number of hydrogen-bond donors (Lipinski definition) is 0. The number of fused-ring (bicyclic) bond motifs is 1. The zero-order valence-corrected chi connectivity index (χ0v) is 12.1. The van der Waals surface area contributed by atoms with Gasteiger partial charge < -0.3 is 0 Å². The standard InChI is InChI=1S/C12H11ClN2O4S/c1-8(7-13)20(18,19)11-5-4-10(15(16)17)12-9(11)3-2-6-14-12/h2-6,8H,7H2,1H3. The maximum Gasteiger partial charge on any atom is 0.295 e. The van der Waals surface area contributed by atoms with Gasteiger partial charge in [0.05, 0.1) is 15.1 Å². The molecule has 0 saturated heterocycles. The van der Waals surface area contributed by atoms with Gasteiger partial charge in [-0.2, -0.15) is 0 Å². The molecular formula is C12H11ClN2O4S. The van der Waals surface area contributed by atoms with E-state index in [9.17, 15) is 18.5 Å². The largest absolute Gasteiger partial charge is 0.295 e. The highest BCUT2D eigenvalue weighted by molar-refractivity contribution is 7.92. The molecule has 1 aromatic heterocycles. The summed E-state index contributed by atoms with van der Waals surface area (Å²) in [6, 6.07) is 5.43. The first-order valence-corrected chi connectivity index (χ1v) is 7.79. The summed E-state index contributed by atoms with van der Waals surface area (Å²) in [6.45, 7) is 1.49. The fourth-order valence-electron chi connectivity index (χ4n) is 1.83. The van der Waals surface area contributed by atoms with E-state index in [1.165, 1.54) is 31.3 Å². The number of halogens is 1. The molecule has 0 aliphatic carbocycles. The Balaban J connectivity index is 2.82. The molecule has 0 N–H and O–H groups in total. The van der Waals surface area contributed by atoms with Gasteiger partial charge in [0.2, 0.25) is 0 Å². The molecule has 2 aromatic rings. The van der Waals surface area contributed by atoms with Crippen LogP contribution in [0.2, 0.25) is 0 Å². The Hall–Kier alpha value is -1.73. The van der Waals surface area contributed by atoms with Gasteiger partial charge in [-0.3, -0.25) is 10.1 Å². The number of sulfone groups is 1. The summed E-state index contributed by atoms with van der Waals surface area (Å²) in [7, 11) is -3.65. The summed E-state index contributed by atoms with van der Waals surface area (Å²) >= 11 is 5.62. The number of alkyl halides is 1. The summed E-state index contributed by atoms with van der Waals surface area (Å²) in [4.78, 5) is 14.3. The monoisotopic (exact) mass is 314 g/mol. The van der Waals surface area contributed by atoms with E-state index in [0.29, 0.717) is 0 Å². The first kappa shape index (κ1) is 14.7. The van der Waals surface area contributed by atoms with Crippen molar-refractivity contribution in [3.63, 3.8) is 0 Å². The van der Waals surface area contributed by atoms with Crippen molar-refractivity contribution in [3.8, 4) is 0 Å². The lowest BCUT2D eigenvalue weighted by Crippen LogP contribution is -2.19. The molecule has 0 bridgehead atoms. The Labute approximate surface area is 120 Å². The summed E-state index contributed by atoms with van der Waals surface area (Å²) in [5, 5.41) is 10.4. The van der Waals surface area contributed by atoms with Gasteiger partial charge in [0.15, 0.2) is 9.84 Å². The van der Waals surface area contributed by atoms with Gasteiger partial charge in [-0.05, 0) is 25.1 Å². The van der Waals surface area contributed by atoms with E-state index in [4.69, 9.17) is 11.6 Å². The highest BCUT2D eigenvalue weighted by atomic mass is 35.5. The third kappa shape index (κ3) is 2.34. The lowest BCUT2D eigenvalue weighted by atomic mass is 10.2. The van der Waals surface area contributed by atoms with Crippen molar-refractivity contribution in [2.24, 2.45) is 0 Å². The minimum atomic E-state index is -3.65. The molecule has 1 atom stereocenters. The van der Waals surface area contributed by atoms with Gasteiger partial charge in [-0.15, -0.1) is 11.6 Å². The molecule has 1 unspecified atom stereocenters. The fourth-order valence-corrected chi connectivity index (χ4v) is 3.65. The predicted molar refractivity (Wildman–Crippen MR) is 75.8 cm³/mol. The van der Waals surface area contributed by atoms with Crippen LogP contribution in [0, 0.1) is 10.1 Å². The summed E-state index contributed by atoms with van der Waals surface area (Å²) in [6.07, 6.45) is 1.39.